The van der Waals surface area contributed by atoms with Crippen LogP contribution in [0.15, 0.2) is 48.6 Å². The lowest BCUT2D eigenvalue weighted by atomic mass is 9.47. The minimum absolute atomic E-state index is 0.186. The number of anilines is 1. The summed E-state index contributed by atoms with van der Waals surface area (Å²) in [5.41, 5.74) is -1.76. The summed E-state index contributed by atoms with van der Waals surface area (Å²) in [6.45, 7) is 10.9. The van der Waals surface area contributed by atoms with Gasteiger partial charge in [0.05, 0.1) is 25.9 Å². The normalized spacial score (nSPS) is 34.0. The van der Waals surface area contributed by atoms with Gasteiger partial charge in [-0.25, -0.2) is 5.84 Å². The molecule has 13 heteroatoms. The summed E-state index contributed by atoms with van der Waals surface area (Å²) in [5.74, 6) is 4.82. The molecule has 6 N–H and O–H groups in total. The molecule has 5 aliphatic rings. The van der Waals surface area contributed by atoms with Gasteiger partial charge >= 0.3 is 5.97 Å². The number of likely N-dealkylation sites (N-methyl/N-ethyl adjacent to an activating group) is 3. The summed E-state index contributed by atoms with van der Waals surface area (Å²) in [5, 5.41) is 39.8. The van der Waals surface area contributed by atoms with E-state index in [1.54, 1.807) is 7.11 Å². The fraction of sp³-hybridized carbons (Fsp3) is 0.617. The number of aliphatic hydroxyl groups excluding tert-OH is 1. The third-order valence-corrected chi connectivity index (χ3v) is 16.4. The van der Waals surface area contributed by atoms with Gasteiger partial charge in [0.2, 0.25) is 0 Å². The van der Waals surface area contributed by atoms with E-state index in [-0.39, 0.29) is 12.0 Å². The number of hydrazine groups is 1. The molecule has 0 bridgehead atoms. The Morgan fingerprint density at radius 1 is 1.07 bits per heavy atom. The van der Waals surface area contributed by atoms with Crippen molar-refractivity contribution in [2.45, 2.75) is 106 Å². The van der Waals surface area contributed by atoms with Crippen molar-refractivity contribution >= 4 is 28.5 Å². The summed E-state index contributed by atoms with van der Waals surface area (Å²) < 4.78 is 12.5. The Bertz CT molecular complexity index is 2200. The number of aliphatic hydroxyl groups is 3. The number of fused-ring (bicyclic) bond motifs is 4. The Balaban J connectivity index is 1.49. The van der Waals surface area contributed by atoms with Crippen LogP contribution < -0.4 is 15.5 Å². The third-order valence-electron chi connectivity index (χ3n) is 16.4. The highest BCUT2D eigenvalue weighted by Crippen LogP contribution is 2.68. The molecule has 1 aliphatic carbocycles. The fourth-order valence-corrected chi connectivity index (χ4v) is 13.4. The Morgan fingerprint density at radius 2 is 1.78 bits per heavy atom. The van der Waals surface area contributed by atoms with Crippen LogP contribution in [-0.4, -0.2) is 138 Å². The van der Waals surface area contributed by atoms with E-state index in [1.165, 1.54) is 14.2 Å². The highest BCUT2D eigenvalue weighted by atomic mass is 16.5. The van der Waals surface area contributed by atoms with Crippen LogP contribution >= 0.6 is 0 Å². The number of benzene rings is 2. The molecular formula is C47H66N6O7. The van der Waals surface area contributed by atoms with E-state index in [2.05, 4.69) is 40.9 Å². The second-order valence-electron chi connectivity index (χ2n) is 18.8. The number of para-hydroxylation sites is 1. The number of aromatic nitrogens is 1. The van der Waals surface area contributed by atoms with Gasteiger partial charge in [-0.2, -0.15) is 0 Å². The molecule has 1 saturated carbocycles. The number of nitrogens with zero attached hydrogens (tertiary/aromatic N) is 4. The van der Waals surface area contributed by atoms with Crippen LogP contribution in [0.2, 0.25) is 0 Å². The first kappa shape index (κ1) is 42.7. The molecule has 5 heterocycles. The van der Waals surface area contributed by atoms with Crippen molar-refractivity contribution < 1.29 is 34.4 Å². The van der Waals surface area contributed by atoms with Gasteiger partial charge in [-0.3, -0.25) is 19.5 Å². The number of nitrogens with two attached hydrogens (primary N) is 1. The van der Waals surface area contributed by atoms with Crippen LogP contribution in [0.25, 0.3) is 10.9 Å². The lowest BCUT2D eigenvalue weighted by molar-refractivity contribution is -0.210. The van der Waals surface area contributed by atoms with Crippen LogP contribution in [0.4, 0.5) is 5.69 Å². The molecule has 60 heavy (non-hydrogen) atoms. The number of amides is 1. The SMILES string of the molecule is CCC(O)(CC)CC1CN(C)CCc2c([nH]c3ccccc23)[C@@](C(=O)OC)(c2cc3c(cc2OC)N(C)[C@H]2[C@@](O)(C(=O)N(C)N)[C@H](O)[C@]4(CC)C=CCN5CC[C@]32C54)[C@H]1C. The van der Waals surface area contributed by atoms with Crippen molar-refractivity contribution in [3.63, 3.8) is 0 Å². The predicted molar refractivity (Wildman–Crippen MR) is 232 cm³/mol. The maximum Gasteiger partial charge on any atom is 0.322 e. The number of methoxy groups -OCH3 is 2. The molecule has 2 fully saturated rings. The molecule has 8 rings (SSSR count). The van der Waals surface area contributed by atoms with Crippen LogP contribution in [0, 0.1) is 17.3 Å². The summed E-state index contributed by atoms with van der Waals surface area (Å²) in [6, 6.07) is 11.0. The predicted octanol–water partition coefficient (Wildman–Crippen LogP) is 3.85. The number of hydrogen-bond donors (Lipinski definition) is 5. The van der Waals surface area contributed by atoms with Gasteiger partial charge in [-0.15, -0.1) is 0 Å². The van der Waals surface area contributed by atoms with Gasteiger partial charge in [0.15, 0.2) is 5.60 Å². The highest BCUT2D eigenvalue weighted by Gasteiger charge is 2.79. The molecule has 1 spiro atoms. The molecule has 9 atom stereocenters. The number of hydrogen-bond acceptors (Lipinski definition) is 11. The van der Waals surface area contributed by atoms with Gasteiger partial charge in [0.1, 0.15) is 17.3 Å². The second-order valence-corrected chi connectivity index (χ2v) is 18.8. The number of carbonyl (C=O) groups is 2. The first-order valence-corrected chi connectivity index (χ1v) is 21.9. The Morgan fingerprint density at radius 3 is 2.43 bits per heavy atom. The zero-order valence-electron chi connectivity index (χ0n) is 36.9. The minimum atomic E-state index is -2.31. The van der Waals surface area contributed by atoms with Gasteiger partial charge in [0.25, 0.3) is 5.91 Å². The van der Waals surface area contributed by atoms with Crippen molar-refractivity contribution in [2.24, 2.45) is 23.1 Å². The van der Waals surface area contributed by atoms with E-state index in [0.29, 0.717) is 69.5 Å². The summed E-state index contributed by atoms with van der Waals surface area (Å²) in [4.78, 5) is 40.6. The van der Waals surface area contributed by atoms with Gasteiger partial charge < -0.3 is 39.6 Å². The monoisotopic (exact) mass is 826 g/mol. The van der Waals surface area contributed by atoms with Crippen molar-refractivity contribution in [1.29, 1.82) is 0 Å². The van der Waals surface area contributed by atoms with E-state index >= 15 is 4.79 Å². The van der Waals surface area contributed by atoms with Crippen LogP contribution in [0.1, 0.15) is 82.2 Å². The molecule has 3 aromatic rings. The maximum atomic E-state index is 15.6. The van der Waals surface area contributed by atoms with E-state index < -0.39 is 57.4 Å². The van der Waals surface area contributed by atoms with E-state index in [0.717, 1.165) is 45.0 Å². The van der Waals surface area contributed by atoms with Gasteiger partial charge in [-0.1, -0.05) is 58.0 Å². The first-order chi connectivity index (χ1) is 28.5. The average Bonchev–Trinajstić information content (AvgIpc) is 3.91. The summed E-state index contributed by atoms with van der Waals surface area (Å²) in [6.07, 6.45) is 5.88. The zero-order chi connectivity index (χ0) is 43.3. The molecule has 2 aromatic carbocycles. The second kappa shape index (κ2) is 14.8. The average molecular weight is 827 g/mol. The number of H-pyrrole nitrogens is 1. The van der Waals surface area contributed by atoms with Crippen LogP contribution in [0.5, 0.6) is 5.75 Å². The lowest BCUT2D eigenvalue weighted by Gasteiger charge is -2.63. The molecule has 1 aromatic heterocycles. The molecule has 1 amide bonds. The number of aromatic amines is 1. The molecule has 2 unspecified atom stereocenters. The summed E-state index contributed by atoms with van der Waals surface area (Å²) >= 11 is 0. The standard InChI is InChI=1S/C47H66N6O7/c1-10-43(57,11-2)26-29-27-50(5)22-18-31-30-16-13-14-17-34(30)49-37(31)46(28(29)4,42(56)60-9)33-24-32-35(25-36(33)59-8)51(6)39-45(32)20-23-53-21-15-19-44(12-3,38(45)53)40(54)47(39,58)41(55)52(7)48/h13-17,19,24-25,28-29,38-40,49,54,57-58H,10-12,18,20-23,26-27,48H2,1-9H3/t28-,29?,38?,39+,40+,44+,45+,46-,47-/m0/s1. The highest BCUT2D eigenvalue weighted by molar-refractivity contribution is 5.95. The van der Waals surface area contributed by atoms with Crippen molar-refractivity contribution in [3.05, 3.63) is 70.9 Å². The number of esters is 1. The van der Waals surface area contributed by atoms with E-state index in [9.17, 15) is 20.1 Å². The Kier molecular flexibility index (Phi) is 10.6. The Labute approximate surface area is 354 Å². The molecule has 13 nitrogen and oxygen atoms in total. The number of ether oxygens (including phenoxy) is 2. The Hall–Kier alpha value is -3.98. The van der Waals surface area contributed by atoms with Crippen molar-refractivity contribution in [2.75, 3.05) is 66.4 Å². The van der Waals surface area contributed by atoms with Crippen molar-refractivity contribution in [1.82, 2.24) is 19.8 Å². The molecule has 0 radical (unpaired) electrons. The molecular weight excluding hydrogens is 761 g/mol. The van der Waals surface area contributed by atoms with Crippen LogP contribution in [-0.2, 0) is 31.6 Å². The van der Waals surface area contributed by atoms with E-state index in [1.807, 2.05) is 69.1 Å². The van der Waals surface area contributed by atoms with E-state index in [4.69, 9.17) is 15.3 Å². The molecule has 326 valence electrons. The third kappa shape index (κ3) is 5.44. The van der Waals surface area contributed by atoms with Crippen LogP contribution in [0.3, 0.4) is 0 Å². The largest absolute Gasteiger partial charge is 0.496 e. The smallest absolute Gasteiger partial charge is 0.322 e. The number of carbonyl (C=O) groups excluding carboxylic acids is 2. The molecule has 1 saturated heterocycles. The topological polar surface area (TPSA) is 168 Å². The van der Waals surface area contributed by atoms with Gasteiger partial charge in [-0.05, 0) is 87.2 Å². The maximum absolute atomic E-state index is 15.6. The molecule has 4 aliphatic heterocycles. The minimum Gasteiger partial charge on any atom is -0.496 e. The van der Waals surface area contributed by atoms with Gasteiger partial charge in [0, 0.05) is 84.5 Å². The number of rotatable bonds is 9. The number of nitrogens with one attached hydrogen (secondary N) is 1. The lowest BCUT2D eigenvalue weighted by Crippen LogP contribution is -2.82. The van der Waals surface area contributed by atoms with Crippen molar-refractivity contribution in [3.8, 4) is 5.75 Å². The summed E-state index contributed by atoms with van der Waals surface area (Å²) in [7, 11) is 8.45. The fourth-order valence-electron chi connectivity index (χ4n) is 13.4. The quantitative estimate of drug-likeness (QED) is 0.0700. The zero-order valence-corrected chi connectivity index (χ0v) is 36.9. The first-order valence-electron chi connectivity index (χ1n) is 21.9.